The lowest BCUT2D eigenvalue weighted by Gasteiger charge is -2.07. The maximum absolute atomic E-state index is 13.2. The Labute approximate surface area is 161 Å². The maximum atomic E-state index is 13.2. The summed E-state index contributed by atoms with van der Waals surface area (Å²) in [5.41, 5.74) is 2.29. The highest BCUT2D eigenvalue weighted by atomic mass is 35.5. The first-order chi connectivity index (χ1) is 13.5. The van der Waals surface area contributed by atoms with Gasteiger partial charge in [0.25, 0.3) is 0 Å². The Bertz CT molecular complexity index is 1020. The van der Waals surface area contributed by atoms with Crippen LogP contribution in [0.3, 0.4) is 0 Å². The van der Waals surface area contributed by atoms with Crippen molar-refractivity contribution in [1.82, 2.24) is 15.8 Å². The van der Waals surface area contributed by atoms with Gasteiger partial charge in [0.2, 0.25) is 5.82 Å². The normalized spacial score (nSPS) is 11.2. The largest absolute Gasteiger partial charge is 0.508 e. The quantitative estimate of drug-likeness (QED) is 0.193. The Morgan fingerprint density at radius 3 is 2.57 bits per heavy atom. The summed E-state index contributed by atoms with van der Waals surface area (Å²) in [6, 6.07) is 8.71. The third-order valence-electron chi connectivity index (χ3n) is 3.32. The number of aromatic hydroxyl groups is 1. The lowest BCUT2D eigenvalue weighted by Crippen LogP contribution is -2.25. The second-order valence-electron chi connectivity index (χ2n) is 5.26. The minimum Gasteiger partial charge on any atom is -0.508 e. The fourth-order valence-electron chi connectivity index (χ4n) is 2.06. The number of carbonyl (C=O) groups excluding carboxylic acids is 1. The molecule has 0 radical (unpaired) electrons. The molecule has 0 saturated carbocycles. The Hall–Kier alpha value is -3.70. The standard InChI is InChI=1S/C16H12ClFN6O4/c17-11-7-9(3-6-12(11)18)19-14(22-27)13-15(24-28-23-13)21-16(26)20-8-1-4-10(25)5-2-8/h1-7,25,27H,(H,19,22)(H2,20,21,24,26). The number of phenolic OH excluding ortho intramolecular Hbond substituents is 1. The van der Waals surface area contributed by atoms with E-state index in [1.54, 1.807) is 0 Å². The number of urea groups is 1. The van der Waals surface area contributed by atoms with Crippen molar-refractivity contribution in [2.24, 2.45) is 4.99 Å². The summed E-state index contributed by atoms with van der Waals surface area (Å²) in [7, 11) is 0. The first-order valence-corrected chi connectivity index (χ1v) is 7.98. The highest BCUT2D eigenvalue weighted by Gasteiger charge is 2.19. The van der Waals surface area contributed by atoms with Gasteiger partial charge in [-0.2, -0.15) is 0 Å². The molecule has 3 rings (SSSR count). The van der Waals surface area contributed by atoms with E-state index in [0.717, 1.165) is 6.07 Å². The average Bonchev–Trinajstić information content (AvgIpc) is 3.12. The number of halogens is 2. The molecule has 10 nitrogen and oxygen atoms in total. The minimum absolute atomic E-state index is 0.0460. The van der Waals surface area contributed by atoms with Gasteiger partial charge in [-0.15, -0.1) is 0 Å². The molecule has 0 unspecified atom stereocenters. The van der Waals surface area contributed by atoms with Crippen LogP contribution < -0.4 is 16.1 Å². The number of benzene rings is 2. The number of carbonyl (C=O) groups is 1. The van der Waals surface area contributed by atoms with E-state index in [0.29, 0.717) is 5.69 Å². The number of nitrogens with zero attached hydrogens (tertiary/aromatic N) is 3. The van der Waals surface area contributed by atoms with Gasteiger partial charge in [-0.1, -0.05) is 11.6 Å². The average molecular weight is 407 g/mol. The van der Waals surface area contributed by atoms with E-state index in [1.165, 1.54) is 36.4 Å². The van der Waals surface area contributed by atoms with Crippen LogP contribution in [-0.4, -0.2) is 32.5 Å². The van der Waals surface area contributed by atoms with Gasteiger partial charge in [0, 0.05) is 5.69 Å². The number of hydrogen-bond acceptors (Lipinski definition) is 7. The van der Waals surface area contributed by atoms with E-state index >= 15 is 0 Å². The number of phenols is 1. The van der Waals surface area contributed by atoms with Crippen molar-refractivity contribution >= 4 is 40.7 Å². The van der Waals surface area contributed by atoms with Gasteiger partial charge >= 0.3 is 6.03 Å². The van der Waals surface area contributed by atoms with Crippen molar-refractivity contribution < 1.29 is 24.1 Å². The number of nitrogens with one attached hydrogen (secondary N) is 3. The van der Waals surface area contributed by atoms with Gasteiger partial charge in [-0.3, -0.25) is 16.0 Å². The van der Waals surface area contributed by atoms with Gasteiger partial charge in [-0.25, -0.2) is 18.8 Å². The zero-order valence-corrected chi connectivity index (χ0v) is 14.6. The van der Waals surface area contributed by atoms with Crippen LogP contribution in [0.1, 0.15) is 5.69 Å². The predicted octanol–water partition coefficient (Wildman–Crippen LogP) is 3.27. The third kappa shape index (κ3) is 4.52. The molecule has 144 valence electrons. The fraction of sp³-hybridized carbons (Fsp3) is 0. The molecule has 0 aliphatic rings. The molecule has 0 bridgehead atoms. The molecule has 2 aromatic carbocycles. The Balaban J connectivity index is 1.79. The first-order valence-electron chi connectivity index (χ1n) is 7.60. The monoisotopic (exact) mass is 406 g/mol. The second-order valence-corrected chi connectivity index (χ2v) is 5.67. The third-order valence-corrected chi connectivity index (χ3v) is 3.61. The molecular weight excluding hydrogens is 395 g/mol. The van der Waals surface area contributed by atoms with Crippen LogP contribution in [0, 0.1) is 5.82 Å². The zero-order chi connectivity index (χ0) is 20.1. The van der Waals surface area contributed by atoms with Gasteiger partial charge < -0.3 is 10.4 Å². The molecule has 28 heavy (non-hydrogen) atoms. The van der Waals surface area contributed by atoms with E-state index in [4.69, 9.17) is 11.6 Å². The molecule has 12 heteroatoms. The summed E-state index contributed by atoms with van der Waals surface area (Å²) in [4.78, 5) is 16.1. The minimum atomic E-state index is -0.690. The summed E-state index contributed by atoms with van der Waals surface area (Å²) in [6.07, 6.45) is 0. The Morgan fingerprint density at radius 1 is 1.14 bits per heavy atom. The highest BCUT2D eigenvalue weighted by molar-refractivity contribution is 6.31. The van der Waals surface area contributed by atoms with Gasteiger partial charge in [-0.05, 0) is 52.8 Å². The molecule has 1 aromatic heterocycles. The van der Waals surface area contributed by atoms with Crippen LogP contribution in [0.15, 0.2) is 52.1 Å². The second kappa shape index (κ2) is 8.33. The summed E-state index contributed by atoms with van der Waals surface area (Å²) in [6.45, 7) is 0. The Kier molecular flexibility index (Phi) is 5.67. The van der Waals surface area contributed by atoms with Crippen molar-refractivity contribution in [3.8, 4) is 5.75 Å². The number of anilines is 2. The molecule has 2 amide bonds. The van der Waals surface area contributed by atoms with E-state index in [1.807, 2.05) is 5.48 Å². The number of hydrogen-bond donors (Lipinski definition) is 5. The topological polar surface area (TPSA) is 145 Å². The summed E-state index contributed by atoms with van der Waals surface area (Å²) in [5, 5.41) is 30.4. The number of aromatic nitrogens is 2. The van der Waals surface area contributed by atoms with Crippen LogP contribution in [0.2, 0.25) is 5.02 Å². The zero-order valence-electron chi connectivity index (χ0n) is 13.8. The van der Waals surface area contributed by atoms with Crippen LogP contribution in [-0.2, 0) is 0 Å². The highest BCUT2D eigenvalue weighted by Crippen LogP contribution is 2.23. The molecular formula is C16H12ClFN6O4. The van der Waals surface area contributed by atoms with Gasteiger partial charge in [0.05, 0.1) is 10.7 Å². The van der Waals surface area contributed by atoms with Crippen molar-refractivity contribution in [2.45, 2.75) is 0 Å². The number of amidine groups is 1. The van der Waals surface area contributed by atoms with E-state index in [9.17, 15) is 19.5 Å². The maximum Gasteiger partial charge on any atom is 0.325 e. The van der Waals surface area contributed by atoms with Crippen LogP contribution in [0.4, 0.5) is 26.4 Å². The fourth-order valence-corrected chi connectivity index (χ4v) is 2.23. The summed E-state index contributed by atoms with van der Waals surface area (Å²) in [5.74, 6) is -0.964. The van der Waals surface area contributed by atoms with Crippen molar-refractivity contribution in [3.63, 3.8) is 0 Å². The molecule has 0 aliphatic carbocycles. The lowest BCUT2D eigenvalue weighted by atomic mass is 10.3. The molecule has 1 heterocycles. The van der Waals surface area contributed by atoms with Crippen molar-refractivity contribution in [3.05, 3.63) is 59.0 Å². The molecule has 0 fully saturated rings. The van der Waals surface area contributed by atoms with E-state index in [-0.39, 0.29) is 33.8 Å². The van der Waals surface area contributed by atoms with Crippen LogP contribution in [0.5, 0.6) is 5.75 Å². The van der Waals surface area contributed by atoms with E-state index in [2.05, 4.69) is 30.6 Å². The smallest absolute Gasteiger partial charge is 0.325 e. The van der Waals surface area contributed by atoms with Crippen LogP contribution >= 0.6 is 11.6 Å². The van der Waals surface area contributed by atoms with E-state index < -0.39 is 11.8 Å². The predicted molar refractivity (Wildman–Crippen MR) is 97.6 cm³/mol. The SMILES string of the molecule is O=C(Nc1ccc(O)cc1)Nc1nonc1C(=Nc1ccc(F)c(Cl)c1)NO. The van der Waals surface area contributed by atoms with Gasteiger partial charge in [0.1, 0.15) is 11.6 Å². The summed E-state index contributed by atoms with van der Waals surface area (Å²) >= 11 is 5.70. The van der Waals surface area contributed by atoms with Crippen molar-refractivity contribution in [2.75, 3.05) is 10.6 Å². The molecule has 0 spiro atoms. The molecule has 0 saturated heterocycles. The molecule has 3 aromatic rings. The molecule has 0 atom stereocenters. The number of amides is 2. The van der Waals surface area contributed by atoms with Crippen LogP contribution in [0.25, 0.3) is 0 Å². The van der Waals surface area contributed by atoms with Crippen molar-refractivity contribution in [1.29, 1.82) is 0 Å². The lowest BCUT2D eigenvalue weighted by molar-refractivity contribution is 0.234. The number of hydroxylamine groups is 1. The van der Waals surface area contributed by atoms with Gasteiger partial charge in [0.15, 0.2) is 11.5 Å². The molecule has 0 aliphatic heterocycles. The summed E-state index contributed by atoms with van der Waals surface area (Å²) < 4.78 is 17.8. The Morgan fingerprint density at radius 2 is 1.89 bits per heavy atom. The first kappa shape index (κ1) is 19.1. The molecule has 5 N–H and O–H groups in total. The number of aliphatic imine (C=N–C) groups is 1. The number of rotatable bonds is 4.